The number of nitriles is 2. The summed E-state index contributed by atoms with van der Waals surface area (Å²) in [6.07, 6.45) is 3.69. The summed E-state index contributed by atoms with van der Waals surface area (Å²) in [7, 11) is -8.58. The van der Waals surface area contributed by atoms with Gasteiger partial charge in [0.2, 0.25) is 43.6 Å². The quantitative estimate of drug-likeness (QED) is 0.00578. The van der Waals surface area contributed by atoms with Crippen molar-refractivity contribution in [1.82, 2.24) is 38.7 Å². The van der Waals surface area contributed by atoms with E-state index in [-0.39, 0.29) is 151 Å². The Morgan fingerprint density at radius 2 is 0.808 bits per heavy atom. The number of benzene rings is 6. The Bertz CT molecular complexity index is 6370. The number of sulfonamides is 2. The third-order valence-electron chi connectivity index (χ3n) is 20.1. The number of aryl methyl sites for hydroxylation is 4. The number of hydroxylamine groups is 2. The second-order valence-corrected chi connectivity index (χ2v) is 35.2. The fraction of sp³-hybridized carbons (Fsp3) is 0.356. The van der Waals surface area contributed by atoms with E-state index in [1.54, 1.807) is 97.0 Å². The van der Waals surface area contributed by atoms with Gasteiger partial charge in [0.25, 0.3) is 22.2 Å². The summed E-state index contributed by atoms with van der Waals surface area (Å²) < 4.78 is 89.5. The van der Waals surface area contributed by atoms with Gasteiger partial charge in [-0.2, -0.15) is 41.9 Å². The molecular formula is C90H106N18O18S4. The van der Waals surface area contributed by atoms with Crippen LogP contribution in [0, 0.1) is 50.4 Å². The van der Waals surface area contributed by atoms with Crippen LogP contribution >= 0.6 is 24.1 Å². The molecule has 4 aromatic heterocycles. The molecule has 0 aliphatic carbocycles. The lowest BCUT2D eigenvalue weighted by molar-refractivity contribution is -0.253. The second kappa shape index (κ2) is 48.5. The molecule has 688 valence electrons. The summed E-state index contributed by atoms with van der Waals surface area (Å²) in [5, 5.41) is 97.2. The van der Waals surface area contributed by atoms with E-state index in [1.165, 1.54) is 54.8 Å². The Balaban J connectivity index is 0.000000297. The number of ether oxygens (including phenoxy) is 2. The Kier molecular flexibility index (Phi) is 37.9. The zero-order valence-corrected chi connectivity index (χ0v) is 77.7. The van der Waals surface area contributed by atoms with E-state index in [1.807, 2.05) is 107 Å². The van der Waals surface area contributed by atoms with Crippen molar-refractivity contribution < 1.29 is 65.4 Å². The number of hydrogen-bond acceptors (Lipinski definition) is 32. The third-order valence-corrected chi connectivity index (χ3v) is 24.6. The van der Waals surface area contributed by atoms with Crippen molar-refractivity contribution in [3.8, 4) is 57.9 Å². The number of rotatable bonds is 44. The molecule has 6 aromatic carbocycles. The van der Waals surface area contributed by atoms with Crippen LogP contribution < -0.4 is 42.6 Å². The van der Waals surface area contributed by atoms with E-state index in [0.717, 1.165) is 55.3 Å². The molecule has 0 spiro atoms. The van der Waals surface area contributed by atoms with Crippen LogP contribution in [0.3, 0.4) is 0 Å². The van der Waals surface area contributed by atoms with Crippen molar-refractivity contribution in [3.63, 3.8) is 0 Å². The summed E-state index contributed by atoms with van der Waals surface area (Å²) >= 11 is 1.54. The predicted octanol–water partition coefficient (Wildman–Crippen LogP) is 18.0. The number of azo groups is 4. The molecule has 2 unspecified atom stereocenters. The molecule has 2 atom stereocenters. The van der Waals surface area contributed by atoms with Gasteiger partial charge in [-0.25, -0.2) is 26.3 Å². The van der Waals surface area contributed by atoms with Crippen LogP contribution in [0.15, 0.2) is 225 Å². The third kappa shape index (κ3) is 27.0. The van der Waals surface area contributed by atoms with Gasteiger partial charge in [0.05, 0.1) is 68.8 Å². The molecule has 4 heterocycles. The van der Waals surface area contributed by atoms with E-state index in [2.05, 4.69) is 61.3 Å². The molecule has 0 fully saturated rings. The highest BCUT2D eigenvalue weighted by Gasteiger charge is 2.29. The Labute approximate surface area is 761 Å². The minimum absolute atomic E-state index is 0.0190. The van der Waals surface area contributed by atoms with Gasteiger partial charge in [0.1, 0.15) is 34.6 Å². The highest BCUT2D eigenvalue weighted by Crippen LogP contribution is 2.44. The molecule has 8 N–H and O–H groups in total. The van der Waals surface area contributed by atoms with E-state index < -0.39 is 54.5 Å². The SMILES string of the molecule is CCn1c(O)c(N=Nc2ccc(-c3ccc(N=Nc4c(C)c(C#N)c(=O)n(CC)c4O)cc3S(=O)(=O)NC(C)CCc3ccccc3)c(SOONC(C)CCc3ccccc3)c2)c(C)c(C#N)c1=O.CCn1c(O)c(N=Nc2ccc(-c3ccc(N=Nc4c(C)cc(=O)n(CC)c4O)cc3S(=O)(=O)NCCCOC(C)C)c(SOONCCCOC(C)C)c2)c(C)cc1=O. The lowest BCUT2D eigenvalue weighted by Gasteiger charge is -2.18. The van der Waals surface area contributed by atoms with Gasteiger partial charge in [-0.3, -0.25) is 37.4 Å². The van der Waals surface area contributed by atoms with Crippen molar-refractivity contribution in [2.45, 2.75) is 206 Å². The number of pyridine rings is 4. The maximum atomic E-state index is 14.6. The molecule has 0 saturated heterocycles. The maximum absolute atomic E-state index is 14.6. The van der Waals surface area contributed by atoms with Gasteiger partial charge >= 0.3 is 0 Å². The molecule has 0 aliphatic heterocycles. The summed E-state index contributed by atoms with van der Waals surface area (Å²) in [4.78, 5) is 61.4. The largest absolute Gasteiger partial charge is 0.493 e. The van der Waals surface area contributed by atoms with Crippen LogP contribution in [0.1, 0.15) is 139 Å². The molecule has 36 nitrogen and oxygen atoms in total. The van der Waals surface area contributed by atoms with Crippen LogP contribution in [0.4, 0.5) is 45.5 Å². The maximum Gasteiger partial charge on any atom is 0.271 e. The van der Waals surface area contributed by atoms with Gasteiger partial charge in [-0.1, -0.05) is 84.9 Å². The summed E-state index contributed by atoms with van der Waals surface area (Å²) in [5.41, 5.74) is 8.17. The van der Waals surface area contributed by atoms with Crippen LogP contribution in [0.2, 0.25) is 0 Å². The molecule has 10 aromatic rings. The fourth-order valence-corrected chi connectivity index (χ4v) is 17.2. The van der Waals surface area contributed by atoms with Gasteiger partial charge in [-0.15, -0.1) is 39.1 Å². The molecule has 130 heavy (non-hydrogen) atoms. The Morgan fingerprint density at radius 1 is 0.438 bits per heavy atom. The Morgan fingerprint density at radius 3 is 1.22 bits per heavy atom. The number of aromatic nitrogens is 4. The molecule has 10 rings (SSSR count). The van der Waals surface area contributed by atoms with Gasteiger partial charge < -0.3 is 29.9 Å². The van der Waals surface area contributed by atoms with E-state index in [0.29, 0.717) is 89.6 Å². The van der Waals surface area contributed by atoms with Gasteiger partial charge in [0.15, 0.2) is 11.4 Å². The zero-order valence-electron chi connectivity index (χ0n) is 74.5. The zero-order chi connectivity index (χ0) is 94.5. The molecule has 0 bridgehead atoms. The van der Waals surface area contributed by atoms with Crippen molar-refractivity contribution in [2.75, 3.05) is 26.3 Å². The van der Waals surface area contributed by atoms with Crippen LogP contribution in [-0.4, -0.2) is 106 Å². The molecule has 0 amide bonds. The second-order valence-electron chi connectivity index (χ2n) is 30.3. The first-order valence-electron chi connectivity index (χ1n) is 41.8. The van der Waals surface area contributed by atoms with Crippen molar-refractivity contribution in [1.29, 1.82) is 10.5 Å². The lowest BCUT2D eigenvalue weighted by atomic mass is 10.0. The van der Waals surface area contributed by atoms with Crippen molar-refractivity contribution in [2.24, 2.45) is 40.9 Å². The predicted molar refractivity (Wildman–Crippen MR) is 494 cm³/mol. The highest BCUT2D eigenvalue weighted by atomic mass is 32.2. The first kappa shape index (κ1) is 102. The fourth-order valence-electron chi connectivity index (χ4n) is 13.2. The van der Waals surface area contributed by atoms with Gasteiger partial charge in [0, 0.05) is 109 Å². The van der Waals surface area contributed by atoms with E-state index in [4.69, 9.17) is 28.1 Å². The first-order valence-corrected chi connectivity index (χ1v) is 46.3. The Hall–Kier alpha value is -12.1. The van der Waals surface area contributed by atoms with Crippen molar-refractivity contribution >= 4 is 89.6 Å². The average molecular weight is 1860 g/mol. The van der Waals surface area contributed by atoms with Crippen LogP contribution in [0.25, 0.3) is 22.3 Å². The summed E-state index contributed by atoms with van der Waals surface area (Å²) in [6, 6.07) is 43.8. The molecular weight excluding hydrogens is 1750 g/mol. The first-order chi connectivity index (χ1) is 62.2. The van der Waals surface area contributed by atoms with Crippen LogP contribution in [-0.2, 0) is 87.2 Å². The monoisotopic (exact) mass is 1850 g/mol. The number of nitrogens with zero attached hydrogens (tertiary/aromatic N) is 14. The summed E-state index contributed by atoms with van der Waals surface area (Å²) in [6.45, 7) is 26.1. The number of nitrogens with one attached hydrogen (secondary N) is 4. The van der Waals surface area contributed by atoms with Crippen molar-refractivity contribution in [3.05, 3.63) is 232 Å². The van der Waals surface area contributed by atoms with E-state index >= 15 is 0 Å². The minimum atomic E-state index is -4.36. The summed E-state index contributed by atoms with van der Waals surface area (Å²) in [5.74, 6) is -1.66. The standard InChI is InChI=1S/C50H52N10O8S2.C40H54N8O10S2/c1-7-59-47(61)41(29-51)33(5)45(49(59)63)55-53-37-23-25-39(43(27-37)69-68-67-57-31(3)19-21-35-15-11-9-12-16-35)40-26-24-38(54-56-46-34(6)42(30-52)48(62)60(8-2)50(46)64)28-44(40)70(65,66)58-32(4)20-22-36-17-13-10-14-18-36;1-9-47-35(49)21-27(7)37(39(47)51)45-43-29-13-15-31(33(23-29)59-58-57-41-17-11-19-55-25(3)4)32-16-14-30(24-34(32)60(53,54)42-18-12-20-56-26(5)6)44-46-38-28(8)22-36(50)48(10-2)40(38)52/h9-18,23-28,31-32,57-58,63-64H,7-8,19-22H2,1-6H3;13-16,21-26,41-42,51-52H,9-12,17-20H2,1-8H3. The lowest BCUT2D eigenvalue weighted by Crippen LogP contribution is -2.33. The average Bonchev–Trinajstić information content (AvgIpc) is 0.770. The van der Waals surface area contributed by atoms with Crippen LogP contribution in [0.5, 0.6) is 23.5 Å². The smallest absolute Gasteiger partial charge is 0.271 e. The van der Waals surface area contributed by atoms with E-state index in [9.17, 15) is 67.0 Å². The number of hydrogen-bond donors (Lipinski definition) is 8. The highest BCUT2D eigenvalue weighted by molar-refractivity contribution is 7.95. The minimum Gasteiger partial charge on any atom is -0.493 e. The number of aromatic hydroxyl groups is 4. The normalized spacial score (nSPS) is 12.4. The van der Waals surface area contributed by atoms with Gasteiger partial charge in [-0.05, 0) is 217 Å². The topological polar surface area (TPSA) is 487 Å². The molecule has 0 saturated carbocycles. The molecule has 0 radical (unpaired) electrons. The molecule has 0 aliphatic rings. The molecule has 40 heteroatoms.